The number of rotatable bonds is 5. The van der Waals surface area contributed by atoms with E-state index in [9.17, 15) is 19.7 Å². The van der Waals surface area contributed by atoms with E-state index in [1.807, 2.05) is 0 Å². The van der Waals surface area contributed by atoms with Crippen molar-refractivity contribution in [1.82, 2.24) is 5.32 Å². The van der Waals surface area contributed by atoms with E-state index in [1.165, 1.54) is 6.07 Å². The predicted octanol–water partition coefficient (Wildman–Crippen LogP) is 1.20. The van der Waals surface area contributed by atoms with Gasteiger partial charge >= 0.3 is 5.97 Å². The fraction of sp³-hybridized carbons (Fsp3) is 0.333. The maximum Gasteiger partial charge on any atom is 0.325 e. The van der Waals surface area contributed by atoms with Crippen molar-refractivity contribution in [3.8, 4) is 0 Å². The number of hydrogen-bond acceptors (Lipinski definition) is 5. The van der Waals surface area contributed by atoms with E-state index in [2.05, 4.69) is 10.1 Å². The summed E-state index contributed by atoms with van der Waals surface area (Å²) in [6, 6.07) is 4.42. The monoisotopic (exact) mass is 266 g/mol. The number of ether oxygens (including phenoxy) is 1. The largest absolute Gasteiger partial charge is 0.465 e. The molecular formula is C12H14N2O5. The Balaban J connectivity index is 2.86. The second-order valence-electron chi connectivity index (χ2n) is 3.72. The lowest BCUT2D eigenvalue weighted by molar-refractivity contribution is -0.385. The molecule has 0 heterocycles. The highest BCUT2D eigenvalue weighted by Crippen LogP contribution is 2.22. The lowest BCUT2D eigenvalue weighted by Crippen LogP contribution is -2.31. The number of amides is 1. The van der Waals surface area contributed by atoms with Crippen molar-refractivity contribution in [3.05, 3.63) is 39.4 Å². The number of nitro groups is 1. The Labute approximate surface area is 109 Å². The zero-order valence-corrected chi connectivity index (χ0v) is 10.6. The average Bonchev–Trinajstić information content (AvgIpc) is 2.35. The van der Waals surface area contributed by atoms with Crippen LogP contribution in [0.15, 0.2) is 18.2 Å². The average molecular weight is 266 g/mol. The predicted molar refractivity (Wildman–Crippen MR) is 66.8 cm³/mol. The fourth-order valence-electron chi connectivity index (χ4n) is 1.54. The van der Waals surface area contributed by atoms with Gasteiger partial charge in [0.05, 0.1) is 11.5 Å². The van der Waals surface area contributed by atoms with Crippen molar-refractivity contribution in [1.29, 1.82) is 0 Å². The van der Waals surface area contributed by atoms with Gasteiger partial charge in [-0.1, -0.05) is 12.1 Å². The molecule has 1 aromatic carbocycles. The Morgan fingerprint density at radius 1 is 1.42 bits per heavy atom. The first-order valence-electron chi connectivity index (χ1n) is 5.65. The van der Waals surface area contributed by atoms with Gasteiger partial charge in [-0.15, -0.1) is 0 Å². The summed E-state index contributed by atoms with van der Waals surface area (Å²) in [5.41, 5.74) is 0.0481. The number of hydrogen-bond donors (Lipinski definition) is 1. The van der Waals surface area contributed by atoms with E-state index in [4.69, 9.17) is 0 Å². The SMILES string of the molecule is CCOC(=O)CNC(=O)c1cccc(C)c1[N+](=O)[O-]. The number of benzene rings is 1. The lowest BCUT2D eigenvalue weighted by Gasteiger charge is -2.06. The van der Waals surface area contributed by atoms with Crippen molar-refractivity contribution in [2.45, 2.75) is 13.8 Å². The number of nitrogens with zero attached hydrogens (tertiary/aromatic N) is 1. The van der Waals surface area contributed by atoms with Gasteiger partial charge in [-0.3, -0.25) is 19.7 Å². The minimum Gasteiger partial charge on any atom is -0.465 e. The quantitative estimate of drug-likeness (QED) is 0.490. The molecule has 0 aliphatic heterocycles. The standard InChI is InChI=1S/C12H14N2O5/c1-3-19-10(15)7-13-12(16)9-6-4-5-8(2)11(9)14(17)18/h4-6H,3,7H2,1-2H3,(H,13,16). The number of nitrogens with one attached hydrogen (secondary N) is 1. The van der Waals surface area contributed by atoms with E-state index >= 15 is 0 Å². The first-order valence-corrected chi connectivity index (χ1v) is 5.65. The Hall–Kier alpha value is -2.44. The highest BCUT2D eigenvalue weighted by Gasteiger charge is 2.22. The second-order valence-corrected chi connectivity index (χ2v) is 3.72. The van der Waals surface area contributed by atoms with Gasteiger partial charge in [0.15, 0.2) is 0 Å². The van der Waals surface area contributed by atoms with Crippen molar-refractivity contribution >= 4 is 17.6 Å². The van der Waals surface area contributed by atoms with E-state index in [0.717, 1.165) is 0 Å². The van der Waals surface area contributed by atoms with Crippen LogP contribution in [0.25, 0.3) is 0 Å². The Bertz CT molecular complexity index is 513. The highest BCUT2D eigenvalue weighted by molar-refractivity contribution is 5.99. The van der Waals surface area contributed by atoms with Gasteiger partial charge in [0.25, 0.3) is 11.6 Å². The van der Waals surface area contributed by atoms with Crippen LogP contribution in [0.2, 0.25) is 0 Å². The Morgan fingerprint density at radius 3 is 2.68 bits per heavy atom. The number of nitro benzene ring substituents is 1. The minimum atomic E-state index is -0.677. The summed E-state index contributed by atoms with van der Waals surface area (Å²) in [7, 11) is 0. The van der Waals surface area contributed by atoms with E-state index in [0.29, 0.717) is 5.56 Å². The van der Waals surface area contributed by atoms with Crippen LogP contribution >= 0.6 is 0 Å². The molecule has 1 amide bonds. The number of esters is 1. The molecule has 1 rings (SSSR count). The van der Waals surface area contributed by atoms with Crippen LogP contribution in [0.1, 0.15) is 22.8 Å². The first kappa shape index (κ1) is 14.6. The third-order valence-electron chi connectivity index (χ3n) is 2.36. The summed E-state index contributed by atoms with van der Waals surface area (Å²) in [5, 5.41) is 13.2. The van der Waals surface area contributed by atoms with Gasteiger partial charge in [-0.2, -0.15) is 0 Å². The summed E-state index contributed by atoms with van der Waals surface area (Å²) >= 11 is 0. The number of para-hydroxylation sites is 1. The molecular weight excluding hydrogens is 252 g/mol. The van der Waals surface area contributed by atoms with Crippen LogP contribution < -0.4 is 5.32 Å². The molecule has 0 aliphatic carbocycles. The molecule has 7 nitrogen and oxygen atoms in total. The third kappa shape index (κ3) is 3.77. The topological polar surface area (TPSA) is 98.5 Å². The smallest absolute Gasteiger partial charge is 0.325 e. The maximum absolute atomic E-state index is 11.8. The normalized spacial score (nSPS) is 9.79. The summed E-state index contributed by atoms with van der Waals surface area (Å²) < 4.78 is 4.64. The zero-order chi connectivity index (χ0) is 14.4. The van der Waals surface area contributed by atoms with E-state index in [1.54, 1.807) is 26.0 Å². The maximum atomic E-state index is 11.8. The molecule has 1 aromatic rings. The minimum absolute atomic E-state index is 0.0747. The molecule has 0 saturated heterocycles. The van der Waals surface area contributed by atoms with Gasteiger partial charge in [0.2, 0.25) is 0 Å². The number of aryl methyl sites for hydroxylation is 1. The summed E-state index contributed by atoms with van der Waals surface area (Å²) in [4.78, 5) is 33.2. The van der Waals surface area contributed by atoms with Crippen molar-refractivity contribution in [2.24, 2.45) is 0 Å². The molecule has 0 aromatic heterocycles. The summed E-state index contributed by atoms with van der Waals surface area (Å²) in [5.74, 6) is -1.27. The summed E-state index contributed by atoms with van der Waals surface area (Å²) in [6.45, 7) is 3.07. The van der Waals surface area contributed by atoms with Gasteiger partial charge in [0, 0.05) is 5.56 Å². The number of carbonyl (C=O) groups excluding carboxylic acids is 2. The van der Waals surface area contributed by atoms with Gasteiger partial charge < -0.3 is 10.1 Å². The molecule has 0 saturated carbocycles. The van der Waals surface area contributed by atoms with Gasteiger partial charge in [0.1, 0.15) is 12.1 Å². The third-order valence-corrected chi connectivity index (χ3v) is 2.36. The second kappa shape index (κ2) is 6.48. The van der Waals surface area contributed by atoms with Crippen LogP contribution in [-0.4, -0.2) is 30.0 Å². The van der Waals surface area contributed by atoms with E-state index in [-0.39, 0.29) is 24.4 Å². The Kier molecular flexibility index (Phi) is 4.99. The molecule has 0 atom stereocenters. The molecule has 7 heteroatoms. The number of carbonyl (C=O) groups is 2. The lowest BCUT2D eigenvalue weighted by atomic mass is 10.1. The summed E-state index contributed by atoms with van der Waals surface area (Å²) in [6.07, 6.45) is 0. The van der Waals surface area contributed by atoms with Crippen LogP contribution in [-0.2, 0) is 9.53 Å². The molecule has 0 unspecified atom stereocenters. The zero-order valence-electron chi connectivity index (χ0n) is 10.6. The van der Waals surface area contributed by atoms with Crippen LogP contribution in [0, 0.1) is 17.0 Å². The van der Waals surface area contributed by atoms with Crippen LogP contribution in [0.4, 0.5) is 5.69 Å². The molecule has 19 heavy (non-hydrogen) atoms. The molecule has 0 aliphatic rings. The van der Waals surface area contributed by atoms with Crippen molar-refractivity contribution in [3.63, 3.8) is 0 Å². The van der Waals surface area contributed by atoms with Crippen LogP contribution in [0.3, 0.4) is 0 Å². The van der Waals surface area contributed by atoms with Crippen molar-refractivity contribution in [2.75, 3.05) is 13.2 Å². The van der Waals surface area contributed by atoms with Gasteiger partial charge in [-0.25, -0.2) is 0 Å². The van der Waals surface area contributed by atoms with Gasteiger partial charge in [-0.05, 0) is 19.9 Å². The van der Waals surface area contributed by atoms with Crippen LogP contribution in [0.5, 0.6) is 0 Å². The molecule has 0 spiro atoms. The fourth-order valence-corrected chi connectivity index (χ4v) is 1.54. The highest BCUT2D eigenvalue weighted by atomic mass is 16.6. The Morgan fingerprint density at radius 2 is 2.11 bits per heavy atom. The molecule has 1 N–H and O–H groups in total. The van der Waals surface area contributed by atoms with E-state index < -0.39 is 16.8 Å². The first-order chi connectivity index (χ1) is 8.97. The molecule has 0 fully saturated rings. The molecule has 0 bridgehead atoms. The molecule has 102 valence electrons. The van der Waals surface area contributed by atoms with Crippen molar-refractivity contribution < 1.29 is 19.2 Å². The molecule has 0 radical (unpaired) electrons.